The lowest BCUT2D eigenvalue weighted by molar-refractivity contribution is -0.120. The summed E-state index contributed by atoms with van der Waals surface area (Å²) in [5.41, 5.74) is 3.12. The average Bonchev–Trinajstić information content (AvgIpc) is 2.97. The Hall–Kier alpha value is -2.75. The second kappa shape index (κ2) is 6.35. The largest absolute Gasteiger partial charge is 0.497 e. The van der Waals surface area contributed by atoms with Crippen LogP contribution >= 0.6 is 0 Å². The molecular weight excluding hydrogens is 276 g/mol. The predicted molar refractivity (Wildman–Crippen MR) is 86.8 cm³/mol. The van der Waals surface area contributed by atoms with Crippen LogP contribution in [0.5, 0.6) is 5.75 Å². The molecule has 4 nitrogen and oxygen atoms in total. The molecule has 3 aromatic rings. The van der Waals surface area contributed by atoms with Crippen LogP contribution in [0.2, 0.25) is 0 Å². The smallest absolute Gasteiger partial charge is 0.224 e. The molecule has 0 radical (unpaired) electrons. The average molecular weight is 294 g/mol. The van der Waals surface area contributed by atoms with Crippen molar-refractivity contribution < 1.29 is 9.53 Å². The molecule has 0 unspecified atom stereocenters. The first kappa shape index (κ1) is 14.2. The Kier molecular flexibility index (Phi) is 4.10. The van der Waals surface area contributed by atoms with Crippen molar-refractivity contribution in [2.75, 3.05) is 7.11 Å². The Morgan fingerprint density at radius 2 is 1.91 bits per heavy atom. The fraction of sp³-hybridized carbons (Fsp3) is 0.167. The molecule has 1 heterocycles. The van der Waals surface area contributed by atoms with Gasteiger partial charge in [0.05, 0.1) is 13.5 Å². The Balaban J connectivity index is 1.60. The number of H-pyrrole nitrogens is 1. The van der Waals surface area contributed by atoms with Crippen molar-refractivity contribution in [1.29, 1.82) is 0 Å². The molecule has 2 N–H and O–H groups in total. The number of para-hydroxylation sites is 1. The Morgan fingerprint density at radius 3 is 2.68 bits per heavy atom. The maximum atomic E-state index is 12.1. The van der Waals surface area contributed by atoms with Gasteiger partial charge in [-0.1, -0.05) is 30.3 Å². The van der Waals surface area contributed by atoms with Gasteiger partial charge >= 0.3 is 0 Å². The van der Waals surface area contributed by atoms with E-state index in [0.29, 0.717) is 13.0 Å². The number of benzene rings is 2. The number of carbonyl (C=O) groups excluding carboxylic acids is 1. The summed E-state index contributed by atoms with van der Waals surface area (Å²) in [6, 6.07) is 15.7. The van der Waals surface area contributed by atoms with Gasteiger partial charge in [0.1, 0.15) is 5.75 Å². The standard InChI is InChI=1S/C18H18N2O2/c1-22-15-8-6-13(7-9-15)11-20-18(21)10-14-12-19-17-5-3-2-4-16(14)17/h2-9,12,19H,10-11H2,1H3,(H,20,21). The normalized spacial score (nSPS) is 10.6. The summed E-state index contributed by atoms with van der Waals surface area (Å²) >= 11 is 0. The van der Waals surface area contributed by atoms with Gasteiger partial charge in [0, 0.05) is 23.6 Å². The quantitative estimate of drug-likeness (QED) is 0.760. The van der Waals surface area contributed by atoms with Crippen molar-refractivity contribution in [1.82, 2.24) is 10.3 Å². The fourth-order valence-corrected chi connectivity index (χ4v) is 2.46. The van der Waals surface area contributed by atoms with Gasteiger partial charge in [0.25, 0.3) is 0 Å². The molecular formula is C18H18N2O2. The van der Waals surface area contributed by atoms with Crippen LogP contribution in [0, 0.1) is 0 Å². The number of nitrogens with one attached hydrogen (secondary N) is 2. The maximum absolute atomic E-state index is 12.1. The minimum absolute atomic E-state index is 0.0144. The van der Waals surface area contributed by atoms with Crippen molar-refractivity contribution in [2.24, 2.45) is 0 Å². The van der Waals surface area contributed by atoms with Gasteiger partial charge < -0.3 is 15.0 Å². The van der Waals surface area contributed by atoms with Gasteiger partial charge in [-0.15, -0.1) is 0 Å². The molecule has 0 aliphatic carbocycles. The first-order valence-corrected chi connectivity index (χ1v) is 7.21. The molecule has 0 spiro atoms. The van der Waals surface area contributed by atoms with Crippen molar-refractivity contribution in [3.05, 3.63) is 65.9 Å². The number of aromatic amines is 1. The van der Waals surface area contributed by atoms with Crippen LogP contribution in [0.25, 0.3) is 10.9 Å². The molecule has 0 saturated carbocycles. The van der Waals surface area contributed by atoms with Crippen LogP contribution in [0.3, 0.4) is 0 Å². The van der Waals surface area contributed by atoms with E-state index < -0.39 is 0 Å². The number of rotatable bonds is 5. The van der Waals surface area contributed by atoms with Crippen molar-refractivity contribution in [3.8, 4) is 5.75 Å². The van der Waals surface area contributed by atoms with E-state index >= 15 is 0 Å². The van der Waals surface area contributed by atoms with Crippen LogP contribution in [-0.2, 0) is 17.8 Å². The van der Waals surface area contributed by atoms with Gasteiger partial charge in [-0.2, -0.15) is 0 Å². The Bertz CT molecular complexity index is 775. The molecule has 4 heteroatoms. The topological polar surface area (TPSA) is 54.1 Å². The van der Waals surface area contributed by atoms with E-state index in [1.807, 2.05) is 54.7 Å². The lowest BCUT2D eigenvalue weighted by atomic mass is 10.1. The minimum atomic E-state index is 0.0144. The second-order valence-electron chi connectivity index (χ2n) is 5.16. The summed E-state index contributed by atoms with van der Waals surface area (Å²) in [4.78, 5) is 15.3. The van der Waals surface area contributed by atoms with Crippen molar-refractivity contribution >= 4 is 16.8 Å². The summed E-state index contributed by atoms with van der Waals surface area (Å²) in [5, 5.41) is 4.04. The van der Waals surface area contributed by atoms with Crippen LogP contribution in [0.1, 0.15) is 11.1 Å². The van der Waals surface area contributed by atoms with Crippen molar-refractivity contribution in [3.63, 3.8) is 0 Å². The summed E-state index contributed by atoms with van der Waals surface area (Å²) in [5.74, 6) is 0.828. The monoisotopic (exact) mass is 294 g/mol. The number of amides is 1. The summed E-state index contributed by atoms with van der Waals surface area (Å²) in [6.07, 6.45) is 2.28. The highest BCUT2D eigenvalue weighted by molar-refractivity contribution is 5.88. The van der Waals surface area contributed by atoms with E-state index in [1.54, 1.807) is 7.11 Å². The second-order valence-corrected chi connectivity index (χ2v) is 5.16. The number of hydrogen-bond acceptors (Lipinski definition) is 2. The molecule has 1 amide bonds. The number of fused-ring (bicyclic) bond motifs is 1. The van der Waals surface area contributed by atoms with Crippen LogP contribution in [-0.4, -0.2) is 18.0 Å². The lowest BCUT2D eigenvalue weighted by Gasteiger charge is -2.06. The highest BCUT2D eigenvalue weighted by Crippen LogP contribution is 2.18. The van der Waals surface area contributed by atoms with Gasteiger partial charge in [-0.25, -0.2) is 0 Å². The third-order valence-corrected chi connectivity index (χ3v) is 3.67. The van der Waals surface area contributed by atoms with Gasteiger partial charge in [0.15, 0.2) is 0 Å². The third kappa shape index (κ3) is 3.11. The molecule has 0 aliphatic heterocycles. The molecule has 3 rings (SSSR count). The van der Waals surface area contributed by atoms with E-state index in [-0.39, 0.29) is 5.91 Å². The number of methoxy groups -OCH3 is 1. The molecule has 0 aliphatic rings. The SMILES string of the molecule is COc1ccc(CNC(=O)Cc2c[nH]c3ccccc23)cc1. The van der Waals surface area contributed by atoms with Crippen LogP contribution in [0.4, 0.5) is 0 Å². The van der Waals surface area contributed by atoms with Crippen LogP contribution < -0.4 is 10.1 Å². The number of aromatic nitrogens is 1. The minimum Gasteiger partial charge on any atom is -0.497 e. The van der Waals surface area contributed by atoms with Gasteiger partial charge in [-0.05, 0) is 29.3 Å². The van der Waals surface area contributed by atoms with Gasteiger partial charge in [-0.3, -0.25) is 4.79 Å². The first-order chi connectivity index (χ1) is 10.8. The predicted octanol–water partition coefficient (Wildman–Crippen LogP) is 3.04. The summed E-state index contributed by atoms with van der Waals surface area (Å²) in [7, 11) is 1.64. The zero-order chi connectivity index (χ0) is 15.4. The molecule has 22 heavy (non-hydrogen) atoms. The molecule has 2 aromatic carbocycles. The third-order valence-electron chi connectivity index (χ3n) is 3.67. The maximum Gasteiger partial charge on any atom is 0.224 e. The first-order valence-electron chi connectivity index (χ1n) is 7.21. The highest BCUT2D eigenvalue weighted by atomic mass is 16.5. The van der Waals surface area contributed by atoms with E-state index in [2.05, 4.69) is 10.3 Å². The fourth-order valence-electron chi connectivity index (χ4n) is 2.46. The lowest BCUT2D eigenvalue weighted by Crippen LogP contribution is -2.24. The molecule has 0 bridgehead atoms. The van der Waals surface area contributed by atoms with Crippen molar-refractivity contribution in [2.45, 2.75) is 13.0 Å². The van der Waals surface area contributed by atoms with E-state index in [0.717, 1.165) is 27.8 Å². The van der Waals surface area contributed by atoms with Gasteiger partial charge in [0.2, 0.25) is 5.91 Å². The molecule has 0 fully saturated rings. The Morgan fingerprint density at radius 1 is 1.14 bits per heavy atom. The number of carbonyl (C=O) groups is 1. The molecule has 0 atom stereocenters. The van der Waals surface area contributed by atoms with E-state index in [1.165, 1.54) is 0 Å². The summed E-state index contributed by atoms with van der Waals surface area (Å²) < 4.78 is 5.11. The summed E-state index contributed by atoms with van der Waals surface area (Å²) in [6.45, 7) is 0.519. The molecule has 0 saturated heterocycles. The molecule has 1 aromatic heterocycles. The Labute approximate surface area is 129 Å². The number of ether oxygens (including phenoxy) is 1. The number of hydrogen-bond donors (Lipinski definition) is 2. The van der Waals surface area contributed by atoms with Crippen LogP contribution in [0.15, 0.2) is 54.7 Å². The van der Waals surface area contributed by atoms with E-state index in [4.69, 9.17) is 4.74 Å². The van der Waals surface area contributed by atoms with E-state index in [9.17, 15) is 4.79 Å². The highest BCUT2D eigenvalue weighted by Gasteiger charge is 2.08. The zero-order valence-electron chi connectivity index (χ0n) is 12.4. The zero-order valence-corrected chi connectivity index (χ0v) is 12.4. The molecule has 112 valence electrons.